The fourth-order valence-corrected chi connectivity index (χ4v) is 2.52. The average Bonchev–Trinajstić information content (AvgIpc) is 2.59. The molecule has 0 atom stereocenters. The molecule has 2 aromatic rings. The van der Waals surface area contributed by atoms with Crippen LogP contribution in [0.15, 0.2) is 35.9 Å². The number of anilines is 1. The fraction of sp³-hybridized carbons (Fsp3) is 0.0588. The van der Waals surface area contributed by atoms with Gasteiger partial charge in [0.1, 0.15) is 11.6 Å². The molecule has 0 aromatic heterocycles. The van der Waals surface area contributed by atoms with Crippen molar-refractivity contribution in [2.24, 2.45) is 0 Å². The van der Waals surface area contributed by atoms with E-state index in [0.717, 1.165) is 0 Å². The third-order valence-electron chi connectivity index (χ3n) is 3.15. The highest BCUT2D eigenvalue weighted by molar-refractivity contribution is 6.44. The Hall–Kier alpha value is -2.39. The lowest BCUT2D eigenvalue weighted by Gasteiger charge is -2.09. The monoisotopic (exact) mass is 396 g/mol. The molecule has 8 heteroatoms. The van der Waals surface area contributed by atoms with E-state index in [-0.39, 0.29) is 43.4 Å². The van der Waals surface area contributed by atoms with Crippen LogP contribution in [0.1, 0.15) is 5.56 Å². The number of phenolic OH excluding ortho intramolecular Hbond substituents is 1. The molecule has 0 aliphatic heterocycles. The van der Waals surface area contributed by atoms with E-state index in [1.165, 1.54) is 25.3 Å². The van der Waals surface area contributed by atoms with Crippen molar-refractivity contribution in [3.63, 3.8) is 0 Å². The minimum atomic E-state index is -0.718. The Morgan fingerprint density at radius 3 is 2.68 bits per heavy atom. The second-order valence-corrected chi connectivity index (χ2v) is 5.99. The number of phenols is 1. The minimum Gasteiger partial charge on any atom is -0.504 e. The van der Waals surface area contributed by atoms with Crippen LogP contribution in [0.4, 0.5) is 5.69 Å². The number of hydrogen-bond acceptors (Lipinski definition) is 4. The first kappa shape index (κ1) is 18.9. The van der Waals surface area contributed by atoms with E-state index in [1.54, 1.807) is 24.3 Å². The van der Waals surface area contributed by atoms with Crippen LogP contribution in [0, 0.1) is 11.3 Å². The second kappa shape index (κ2) is 8.13. The number of methoxy groups -OCH3 is 1. The van der Waals surface area contributed by atoms with E-state index in [1.807, 2.05) is 0 Å². The second-order valence-electron chi connectivity index (χ2n) is 4.77. The van der Waals surface area contributed by atoms with E-state index >= 15 is 0 Å². The molecule has 1 amide bonds. The van der Waals surface area contributed by atoms with Gasteiger partial charge in [-0.15, -0.1) is 0 Å². The maximum atomic E-state index is 12.3. The topological polar surface area (TPSA) is 82.3 Å². The van der Waals surface area contributed by atoms with Gasteiger partial charge < -0.3 is 15.2 Å². The molecule has 25 heavy (non-hydrogen) atoms. The number of aromatic hydroxyl groups is 1. The van der Waals surface area contributed by atoms with E-state index in [2.05, 4.69) is 5.32 Å². The number of halogens is 3. The Balaban J connectivity index is 2.38. The zero-order valence-electron chi connectivity index (χ0n) is 12.8. The molecule has 2 rings (SSSR count). The standard InChI is InChI=1S/C17H11Cl3N2O3/c1-25-14-7-11(18)6-9(16(14)23)5-10(8-21)17(24)22-13-4-2-3-12(19)15(13)20/h2-7,23H,1H3,(H,22,24)/b10-5-. The zero-order valence-corrected chi connectivity index (χ0v) is 15.1. The Labute approximate surface area is 159 Å². The van der Waals surface area contributed by atoms with Crippen molar-refractivity contribution in [3.05, 3.63) is 56.5 Å². The third-order valence-corrected chi connectivity index (χ3v) is 4.19. The summed E-state index contributed by atoms with van der Waals surface area (Å²) >= 11 is 17.8. The Morgan fingerprint density at radius 2 is 2.04 bits per heavy atom. The van der Waals surface area contributed by atoms with Gasteiger partial charge in [-0.2, -0.15) is 5.26 Å². The summed E-state index contributed by atoms with van der Waals surface area (Å²) in [5.74, 6) is -0.840. The molecule has 0 radical (unpaired) electrons. The Morgan fingerprint density at radius 1 is 1.32 bits per heavy atom. The van der Waals surface area contributed by atoms with Gasteiger partial charge in [0.25, 0.3) is 5.91 Å². The van der Waals surface area contributed by atoms with Gasteiger partial charge >= 0.3 is 0 Å². The minimum absolute atomic E-state index is 0.120. The first-order valence-electron chi connectivity index (χ1n) is 6.81. The van der Waals surface area contributed by atoms with Crippen molar-refractivity contribution in [2.45, 2.75) is 0 Å². The molecule has 2 aromatic carbocycles. The predicted molar refractivity (Wildman–Crippen MR) is 98.4 cm³/mol. The molecule has 0 saturated carbocycles. The molecular weight excluding hydrogens is 387 g/mol. The summed E-state index contributed by atoms with van der Waals surface area (Å²) in [5.41, 5.74) is 0.150. The van der Waals surface area contributed by atoms with E-state index in [0.29, 0.717) is 0 Å². The van der Waals surface area contributed by atoms with E-state index in [4.69, 9.17) is 39.5 Å². The summed E-state index contributed by atoms with van der Waals surface area (Å²) in [6.45, 7) is 0. The molecule has 0 fully saturated rings. The number of amides is 1. The van der Waals surface area contributed by atoms with Crippen LogP contribution in [-0.4, -0.2) is 18.1 Å². The summed E-state index contributed by atoms with van der Waals surface area (Å²) in [6, 6.07) is 9.29. The Bertz CT molecular complexity index is 905. The summed E-state index contributed by atoms with van der Waals surface area (Å²) in [7, 11) is 1.36. The molecule has 0 spiro atoms. The molecule has 128 valence electrons. The van der Waals surface area contributed by atoms with Crippen LogP contribution in [-0.2, 0) is 4.79 Å². The number of ether oxygens (including phenoxy) is 1. The molecule has 2 N–H and O–H groups in total. The summed E-state index contributed by atoms with van der Waals surface area (Å²) in [5, 5.41) is 22.5. The van der Waals surface area contributed by atoms with Crippen LogP contribution in [0.3, 0.4) is 0 Å². The van der Waals surface area contributed by atoms with Gasteiger partial charge in [0.15, 0.2) is 11.5 Å². The normalized spacial score (nSPS) is 10.9. The lowest BCUT2D eigenvalue weighted by molar-refractivity contribution is -0.112. The number of nitrogens with one attached hydrogen (secondary N) is 1. The van der Waals surface area contributed by atoms with Gasteiger partial charge in [-0.05, 0) is 24.3 Å². The SMILES string of the molecule is COc1cc(Cl)cc(/C=C(/C#N)C(=O)Nc2cccc(Cl)c2Cl)c1O. The number of nitrogens with zero attached hydrogens (tertiary/aromatic N) is 1. The molecule has 5 nitrogen and oxygen atoms in total. The molecule has 0 bridgehead atoms. The van der Waals surface area contributed by atoms with Crippen molar-refractivity contribution in [1.82, 2.24) is 0 Å². The molecule has 0 aliphatic rings. The van der Waals surface area contributed by atoms with Gasteiger partial charge in [0.2, 0.25) is 0 Å². The van der Waals surface area contributed by atoms with Gasteiger partial charge in [0, 0.05) is 16.7 Å². The van der Waals surface area contributed by atoms with Crippen molar-refractivity contribution in [3.8, 4) is 17.6 Å². The van der Waals surface area contributed by atoms with Crippen LogP contribution in [0.2, 0.25) is 15.1 Å². The van der Waals surface area contributed by atoms with Gasteiger partial charge in [-0.1, -0.05) is 40.9 Å². The van der Waals surface area contributed by atoms with Crippen LogP contribution in [0.5, 0.6) is 11.5 Å². The maximum absolute atomic E-state index is 12.3. The zero-order chi connectivity index (χ0) is 18.6. The van der Waals surface area contributed by atoms with Gasteiger partial charge in [-0.25, -0.2) is 0 Å². The largest absolute Gasteiger partial charge is 0.504 e. The summed E-state index contributed by atoms with van der Waals surface area (Å²) < 4.78 is 4.99. The van der Waals surface area contributed by atoms with Gasteiger partial charge in [-0.3, -0.25) is 4.79 Å². The molecule has 0 saturated heterocycles. The number of benzene rings is 2. The molecule has 0 heterocycles. The molecule has 0 aliphatic carbocycles. The highest BCUT2D eigenvalue weighted by atomic mass is 35.5. The first-order valence-corrected chi connectivity index (χ1v) is 7.94. The van der Waals surface area contributed by atoms with Crippen molar-refractivity contribution >= 4 is 52.5 Å². The lowest BCUT2D eigenvalue weighted by Crippen LogP contribution is -2.13. The quantitative estimate of drug-likeness (QED) is 0.567. The number of carbonyl (C=O) groups excluding carboxylic acids is 1. The van der Waals surface area contributed by atoms with Crippen molar-refractivity contribution < 1.29 is 14.6 Å². The fourth-order valence-electron chi connectivity index (χ4n) is 1.95. The summed E-state index contributed by atoms with van der Waals surface area (Å²) in [6.07, 6.45) is 1.19. The Kier molecular flexibility index (Phi) is 6.16. The first-order chi connectivity index (χ1) is 11.9. The number of nitriles is 1. The van der Waals surface area contributed by atoms with Gasteiger partial charge in [0.05, 0.1) is 22.8 Å². The van der Waals surface area contributed by atoms with Crippen molar-refractivity contribution in [2.75, 3.05) is 12.4 Å². The summed E-state index contributed by atoms with van der Waals surface area (Å²) in [4.78, 5) is 12.3. The number of carbonyl (C=O) groups is 1. The van der Waals surface area contributed by atoms with Crippen LogP contribution in [0.25, 0.3) is 6.08 Å². The van der Waals surface area contributed by atoms with E-state index in [9.17, 15) is 15.2 Å². The van der Waals surface area contributed by atoms with Crippen LogP contribution < -0.4 is 10.1 Å². The van der Waals surface area contributed by atoms with Crippen molar-refractivity contribution in [1.29, 1.82) is 5.26 Å². The maximum Gasteiger partial charge on any atom is 0.266 e. The highest BCUT2D eigenvalue weighted by Gasteiger charge is 2.15. The molecule has 0 unspecified atom stereocenters. The average molecular weight is 398 g/mol. The highest BCUT2D eigenvalue weighted by Crippen LogP contribution is 2.35. The van der Waals surface area contributed by atoms with Crippen LogP contribution >= 0.6 is 34.8 Å². The lowest BCUT2D eigenvalue weighted by atomic mass is 10.1. The number of hydrogen-bond donors (Lipinski definition) is 2. The number of rotatable bonds is 4. The third kappa shape index (κ3) is 4.37. The predicted octanol–water partition coefficient (Wildman–Crippen LogP) is 4.91. The van der Waals surface area contributed by atoms with E-state index < -0.39 is 5.91 Å². The smallest absolute Gasteiger partial charge is 0.266 e. The molecular formula is C17H11Cl3N2O3.